The van der Waals surface area contributed by atoms with Gasteiger partial charge in [0.2, 0.25) is 0 Å². The van der Waals surface area contributed by atoms with Crippen LogP contribution in [0.5, 0.6) is 0 Å². The van der Waals surface area contributed by atoms with E-state index >= 15 is 0 Å². The zero-order valence-corrected chi connectivity index (χ0v) is 14.5. The van der Waals surface area contributed by atoms with Gasteiger partial charge in [-0.15, -0.1) is 12.4 Å². The van der Waals surface area contributed by atoms with Crippen molar-refractivity contribution in [2.45, 2.75) is 39.7 Å². The fourth-order valence-corrected chi connectivity index (χ4v) is 2.99. The normalized spacial score (nSPS) is 19.5. The third kappa shape index (κ3) is 4.42. The van der Waals surface area contributed by atoms with Crippen LogP contribution in [-0.2, 0) is 0 Å². The summed E-state index contributed by atoms with van der Waals surface area (Å²) in [6, 6.07) is 4.98. The van der Waals surface area contributed by atoms with Crippen LogP contribution in [0.25, 0.3) is 0 Å². The number of hydrogen-bond acceptors (Lipinski definition) is 4. The number of carbonyl (C=O) groups excluding carboxylic acids is 1. The number of para-hydroxylation sites is 1. The number of piperidine rings is 1. The van der Waals surface area contributed by atoms with E-state index in [0.717, 1.165) is 19.4 Å². The summed E-state index contributed by atoms with van der Waals surface area (Å²) in [6.45, 7) is 7.39. The summed E-state index contributed by atoms with van der Waals surface area (Å²) >= 11 is 0. The van der Waals surface area contributed by atoms with Crippen molar-refractivity contribution in [3.63, 3.8) is 0 Å². The summed E-state index contributed by atoms with van der Waals surface area (Å²) in [5.74, 6) is -0.390. The third-order valence-electron chi connectivity index (χ3n) is 4.46. The number of nitrogens with one attached hydrogen (secondary N) is 2. The second kappa shape index (κ2) is 7.75. The van der Waals surface area contributed by atoms with Crippen molar-refractivity contribution in [3.05, 3.63) is 39.4 Å². The van der Waals surface area contributed by atoms with E-state index in [0.29, 0.717) is 12.1 Å². The molecule has 23 heavy (non-hydrogen) atoms. The number of benzene rings is 1. The number of nitro benzene ring substituents is 1. The first-order valence-electron chi connectivity index (χ1n) is 7.58. The quantitative estimate of drug-likeness (QED) is 0.651. The van der Waals surface area contributed by atoms with Gasteiger partial charge in [-0.25, -0.2) is 0 Å². The summed E-state index contributed by atoms with van der Waals surface area (Å²) in [7, 11) is 0. The molecule has 0 aliphatic carbocycles. The van der Waals surface area contributed by atoms with E-state index in [4.69, 9.17) is 0 Å². The minimum atomic E-state index is -0.493. The minimum absolute atomic E-state index is 0. The van der Waals surface area contributed by atoms with Crippen LogP contribution in [-0.4, -0.2) is 30.0 Å². The van der Waals surface area contributed by atoms with Gasteiger partial charge < -0.3 is 10.6 Å². The van der Waals surface area contributed by atoms with Gasteiger partial charge in [0.1, 0.15) is 5.56 Å². The summed E-state index contributed by atoms with van der Waals surface area (Å²) < 4.78 is 0. The highest BCUT2D eigenvalue weighted by molar-refractivity contribution is 5.98. The molecule has 1 aromatic carbocycles. The van der Waals surface area contributed by atoms with Crippen molar-refractivity contribution >= 4 is 24.0 Å². The van der Waals surface area contributed by atoms with Gasteiger partial charge in [0, 0.05) is 18.2 Å². The summed E-state index contributed by atoms with van der Waals surface area (Å²) in [4.78, 5) is 23.0. The molecule has 1 unspecified atom stereocenters. The molecule has 0 spiro atoms. The molecule has 6 nitrogen and oxygen atoms in total. The van der Waals surface area contributed by atoms with Crippen molar-refractivity contribution < 1.29 is 9.72 Å². The number of aryl methyl sites for hydroxylation is 1. The fraction of sp³-hybridized carbons (Fsp3) is 0.562. The maximum Gasteiger partial charge on any atom is 0.285 e. The van der Waals surface area contributed by atoms with E-state index in [-0.39, 0.29) is 35.1 Å². The Bertz CT molecular complexity index is 590. The molecule has 0 bridgehead atoms. The second-order valence-corrected chi connectivity index (χ2v) is 6.54. The van der Waals surface area contributed by atoms with E-state index in [1.165, 1.54) is 6.07 Å². The molecule has 1 saturated heterocycles. The Kier molecular flexibility index (Phi) is 6.53. The van der Waals surface area contributed by atoms with Gasteiger partial charge in [0.15, 0.2) is 0 Å². The SMILES string of the molecule is Cc1cccc(C(=O)NCC2NCCCC2(C)C)c1[N+](=O)[O-].Cl. The van der Waals surface area contributed by atoms with E-state index < -0.39 is 10.8 Å². The molecule has 0 radical (unpaired) electrons. The topological polar surface area (TPSA) is 84.3 Å². The molecule has 1 atom stereocenters. The van der Waals surface area contributed by atoms with Crippen molar-refractivity contribution in [2.24, 2.45) is 5.41 Å². The van der Waals surface area contributed by atoms with E-state index in [2.05, 4.69) is 24.5 Å². The highest BCUT2D eigenvalue weighted by atomic mass is 35.5. The van der Waals surface area contributed by atoms with E-state index in [1.807, 2.05) is 0 Å². The monoisotopic (exact) mass is 341 g/mol. The molecule has 1 aromatic rings. The van der Waals surface area contributed by atoms with Gasteiger partial charge in [0.05, 0.1) is 4.92 Å². The van der Waals surface area contributed by atoms with Gasteiger partial charge in [-0.05, 0) is 37.8 Å². The number of carbonyl (C=O) groups is 1. The summed E-state index contributed by atoms with van der Waals surface area (Å²) in [6.07, 6.45) is 2.23. The number of hydrogen-bond donors (Lipinski definition) is 2. The summed E-state index contributed by atoms with van der Waals surface area (Å²) in [5, 5.41) is 17.4. The Morgan fingerprint density at radius 3 is 2.78 bits per heavy atom. The average molecular weight is 342 g/mol. The number of rotatable bonds is 4. The van der Waals surface area contributed by atoms with Crippen molar-refractivity contribution in [1.82, 2.24) is 10.6 Å². The fourth-order valence-electron chi connectivity index (χ4n) is 2.99. The molecule has 0 saturated carbocycles. The van der Waals surface area contributed by atoms with Crippen LogP contribution < -0.4 is 10.6 Å². The van der Waals surface area contributed by atoms with Crippen LogP contribution in [0.2, 0.25) is 0 Å². The molecule has 1 amide bonds. The number of amides is 1. The zero-order chi connectivity index (χ0) is 16.3. The Hall–Kier alpha value is -1.66. The average Bonchev–Trinajstić information content (AvgIpc) is 2.44. The lowest BCUT2D eigenvalue weighted by molar-refractivity contribution is -0.385. The number of halogens is 1. The lowest BCUT2D eigenvalue weighted by Gasteiger charge is -2.39. The van der Waals surface area contributed by atoms with Gasteiger partial charge in [-0.1, -0.05) is 26.0 Å². The smallest absolute Gasteiger partial charge is 0.285 e. The van der Waals surface area contributed by atoms with Crippen LogP contribution in [0.3, 0.4) is 0 Å². The molecular weight excluding hydrogens is 318 g/mol. The third-order valence-corrected chi connectivity index (χ3v) is 4.46. The highest BCUT2D eigenvalue weighted by Crippen LogP contribution is 2.30. The van der Waals surface area contributed by atoms with Crippen LogP contribution in [0.1, 0.15) is 42.6 Å². The van der Waals surface area contributed by atoms with Crippen molar-refractivity contribution in [1.29, 1.82) is 0 Å². The number of nitro groups is 1. The lowest BCUT2D eigenvalue weighted by Crippen LogP contribution is -2.52. The predicted molar refractivity (Wildman–Crippen MR) is 92.2 cm³/mol. The molecule has 1 fully saturated rings. The Morgan fingerprint density at radius 1 is 1.48 bits per heavy atom. The second-order valence-electron chi connectivity index (χ2n) is 6.54. The standard InChI is InChI=1S/C16H23N3O3.ClH/c1-11-6-4-7-12(14(11)19(21)22)15(20)18-10-13-16(2,3)8-5-9-17-13;/h4,6-7,13,17H,5,8-10H2,1-3H3,(H,18,20);1H. The maximum absolute atomic E-state index is 12.3. The molecule has 128 valence electrons. The van der Waals surface area contributed by atoms with Crippen LogP contribution in [0.4, 0.5) is 5.69 Å². The molecule has 1 heterocycles. The van der Waals surface area contributed by atoms with Crippen molar-refractivity contribution in [3.8, 4) is 0 Å². The lowest BCUT2D eigenvalue weighted by atomic mass is 9.77. The Balaban J connectivity index is 0.00000264. The molecule has 2 rings (SSSR count). The first kappa shape index (κ1) is 19.4. The largest absolute Gasteiger partial charge is 0.350 e. The Labute approximate surface area is 142 Å². The first-order chi connectivity index (χ1) is 10.3. The Morgan fingerprint density at radius 2 is 2.17 bits per heavy atom. The van der Waals surface area contributed by atoms with Crippen LogP contribution in [0.15, 0.2) is 18.2 Å². The van der Waals surface area contributed by atoms with Gasteiger partial charge in [-0.3, -0.25) is 14.9 Å². The van der Waals surface area contributed by atoms with Crippen molar-refractivity contribution in [2.75, 3.05) is 13.1 Å². The van der Waals surface area contributed by atoms with Gasteiger partial charge >= 0.3 is 0 Å². The first-order valence-corrected chi connectivity index (χ1v) is 7.58. The molecule has 7 heteroatoms. The molecular formula is C16H24ClN3O3. The highest BCUT2D eigenvalue weighted by Gasteiger charge is 2.32. The van der Waals surface area contributed by atoms with Crippen LogP contribution >= 0.6 is 12.4 Å². The van der Waals surface area contributed by atoms with Crippen LogP contribution in [0, 0.1) is 22.5 Å². The maximum atomic E-state index is 12.3. The molecule has 0 aromatic heterocycles. The number of nitrogens with zero attached hydrogens (tertiary/aromatic N) is 1. The van der Waals surface area contributed by atoms with Gasteiger partial charge in [0.25, 0.3) is 11.6 Å². The summed E-state index contributed by atoms with van der Waals surface area (Å²) in [5.41, 5.74) is 0.604. The van der Waals surface area contributed by atoms with E-state index in [1.54, 1.807) is 19.1 Å². The minimum Gasteiger partial charge on any atom is -0.350 e. The van der Waals surface area contributed by atoms with Gasteiger partial charge in [-0.2, -0.15) is 0 Å². The molecule has 1 aliphatic heterocycles. The predicted octanol–water partition coefficient (Wildman–Crippen LogP) is 2.83. The van der Waals surface area contributed by atoms with E-state index in [9.17, 15) is 14.9 Å². The molecule has 1 aliphatic rings. The molecule has 2 N–H and O–H groups in total. The zero-order valence-electron chi connectivity index (χ0n) is 13.7.